The minimum absolute atomic E-state index is 0.0462. The number of hydrogen-bond donors (Lipinski definition) is 1. The van der Waals surface area contributed by atoms with Gasteiger partial charge in [0.15, 0.2) is 0 Å². The highest BCUT2D eigenvalue weighted by Gasteiger charge is 2.25. The first-order chi connectivity index (χ1) is 10.3. The standard InChI is InChI=1S/C17H21ClN2O2/c1-17(2,12-18)16(22)19-11-5-6-13-7-9-14(10-8-13)15(21)20(3)4/h7-10H,11-12H2,1-4H3,(H,19,22). The van der Waals surface area contributed by atoms with Crippen molar-refractivity contribution < 1.29 is 9.59 Å². The third kappa shape index (κ3) is 5.09. The van der Waals surface area contributed by atoms with E-state index in [2.05, 4.69) is 17.2 Å². The molecule has 0 unspecified atom stereocenters. The van der Waals surface area contributed by atoms with E-state index in [1.165, 1.54) is 4.90 Å². The van der Waals surface area contributed by atoms with E-state index in [-0.39, 0.29) is 24.2 Å². The Bertz CT molecular complexity index is 595. The summed E-state index contributed by atoms with van der Waals surface area (Å²) in [5, 5.41) is 2.73. The summed E-state index contributed by atoms with van der Waals surface area (Å²) in [7, 11) is 3.42. The van der Waals surface area contributed by atoms with Gasteiger partial charge >= 0.3 is 0 Å². The van der Waals surface area contributed by atoms with Crippen LogP contribution in [0.3, 0.4) is 0 Å². The Morgan fingerprint density at radius 1 is 1.23 bits per heavy atom. The fourth-order valence-corrected chi connectivity index (χ4v) is 1.65. The Hall–Kier alpha value is -1.99. The molecule has 0 heterocycles. The predicted molar refractivity (Wildman–Crippen MR) is 88.8 cm³/mol. The second-order valence-electron chi connectivity index (χ2n) is 5.78. The van der Waals surface area contributed by atoms with Gasteiger partial charge in [-0.25, -0.2) is 0 Å². The second-order valence-corrected chi connectivity index (χ2v) is 6.05. The number of nitrogens with one attached hydrogen (secondary N) is 1. The zero-order valence-electron chi connectivity index (χ0n) is 13.4. The minimum Gasteiger partial charge on any atom is -0.345 e. The van der Waals surface area contributed by atoms with Crippen LogP contribution in [0.2, 0.25) is 0 Å². The number of hydrogen-bond acceptors (Lipinski definition) is 2. The van der Waals surface area contributed by atoms with Gasteiger partial charge in [0, 0.05) is 31.1 Å². The molecule has 4 nitrogen and oxygen atoms in total. The molecule has 2 amide bonds. The molecule has 0 atom stereocenters. The molecule has 118 valence electrons. The predicted octanol–water partition coefficient (Wildman–Crippen LogP) is 2.12. The number of rotatable bonds is 4. The maximum absolute atomic E-state index is 11.8. The van der Waals surface area contributed by atoms with Crippen molar-refractivity contribution >= 4 is 23.4 Å². The van der Waals surface area contributed by atoms with Crippen molar-refractivity contribution in [3.8, 4) is 11.8 Å². The normalized spacial score (nSPS) is 10.4. The molecule has 0 aromatic heterocycles. The highest BCUT2D eigenvalue weighted by atomic mass is 35.5. The molecule has 22 heavy (non-hydrogen) atoms. The number of amides is 2. The van der Waals surface area contributed by atoms with E-state index in [4.69, 9.17) is 11.6 Å². The molecule has 0 bridgehead atoms. The SMILES string of the molecule is CN(C)C(=O)c1ccc(C#CCNC(=O)C(C)(C)CCl)cc1. The molecule has 0 saturated carbocycles. The van der Waals surface area contributed by atoms with Crippen LogP contribution in [0.15, 0.2) is 24.3 Å². The summed E-state index contributed by atoms with van der Waals surface area (Å²) >= 11 is 5.73. The van der Waals surface area contributed by atoms with Crippen LogP contribution in [0.1, 0.15) is 29.8 Å². The fourth-order valence-electron chi connectivity index (χ4n) is 1.53. The Morgan fingerprint density at radius 3 is 2.32 bits per heavy atom. The lowest BCUT2D eigenvalue weighted by Crippen LogP contribution is -2.38. The van der Waals surface area contributed by atoms with Crippen LogP contribution in [0.4, 0.5) is 0 Å². The van der Waals surface area contributed by atoms with Crippen LogP contribution in [-0.4, -0.2) is 43.2 Å². The zero-order valence-corrected chi connectivity index (χ0v) is 14.1. The van der Waals surface area contributed by atoms with Gasteiger partial charge in [0.2, 0.25) is 5.91 Å². The monoisotopic (exact) mass is 320 g/mol. The van der Waals surface area contributed by atoms with Crippen LogP contribution in [0.25, 0.3) is 0 Å². The molecule has 1 rings (SSSR count). The first-order valence-corrected chi connectivity index (χ1v) is 7.46. The summed E-state index contributed by atoms with van der Waals surface area (Å²) in [6.45, 7) is 3.82. The first kappa shape index (κ1) is 18.1. The Labute approximate surface area is 136 Å². The molecule has 0 aliphatic carbocycles. The van der Waals surface area contributed by atoms with Crippen molar-refractivity contribution in [3.63, 3.8) is 0 Å². The molecular weight excluding hydrogens is 300 g/mol. The van der Waals surface area contributed by atoms with Crippen molar-refractivity contribution in [2.75, 3.05) is 26.5 Å². The van der Waals surface area contributed by atoms with E-state index in [1.807, 2.05) is 0 Å². The second kappa shape index (κ2) is 7.86. The van der Waals surface area contributed by atoms with Gasteiger partial charge < -0.3 is 10.2 Å². The maximum Gasteiger partial charge on any atom is 0.253 e. The van der Waals surface area contributed by atoms with Crippen LogP contribution in [0.5, 0.6) is 0 Å². The quantitative estimate of drug-likeness (QED) is 0.682. The average molecular weight is 321 g/mol. The van der Waals surface area contributed by atoms with E-state index < -0.39 is 5.41 Å². The van der Waals surface area contributed by atoms with Crippen LogP contribution >= 0.6 is 11.6 Å². The molecule has 5 heteroatoms. The Kier molecular flexibility index (Phi) is 6.45. The van der Waals surface area contributed by atoms with E-state index in [0.717, 1.165) is 5.56 Å². The number of nitrogens with zero attached hydrogens (tertiary/aromatic N) is 1. The largest absolute Gasteiger partial charge is 0.345 e. The molecule has 0 aliphatic rings. The fraction of sp³-hybridized carbons (Fsp3) is 0.412. The van der Waals surface area contributed by atoms with Gasteiger partial charge in [0.1, 0.15) is 0 Å². The highest BCUT2D eigenvalue weighted by Crippen LogP contribution is 2.16. The molecule has 0 radical (unpaired) electrons. The van der Waals surface area contributed by atoms with Crippen LogP contribution in [-0.2, 0) is 4.79 Å². The van der Waals surface area contributed by atoms with Gasteiger partial charge in [-0.3, -0.25) is 9.59 Å². The van der Waals surface area contributed by atoms with Crippen molar-refractivity contribution in [2.24, 2.45) is 5.41 Å². The lowest BCUT2D eigenvalue weighted by molar-refractivity contribution is -0.128. The van der Waals surface area contributed by atoms with Gasteiger partial charge in [0.25, 0.3) is 5.91 Å². The van der Waals surface area contributed by atoms with E-state index in [9.17, 15) is 9.59 Å². The molecule has 1 aromatic carbocycles. The van der Waals surface area contributed by atoms with Crippen LogP contribution in [0, 0.1) is 17.3 Å². The lowest BCUT2D eigenvalue weighted by Gasteiger charge is -2.19. The van der Waals surface area contributed by atoms with Crippen molar-refractivity contribution in [3.05, 3.63) is 35.4 Å². The van der Waals surface area contributed by atoms with Crippen LogP contribution < -0.4 is 5.32 Å². The first-order valence-electron chi connectivity index (χ1n) is 6.93. The Balaban J connectivity index is 2.59. The van der Waals surface area contributed by atoms with E-state index in [1.54, 1.807) is 52.2 Å². The number of benzene rings is 1. The van der Waals surface area contributed by atoms with E-state index >= 15 is 0 Å². The zero-order chi connectivity index (χ0) is 16.8. The number of alkyl halides is 1. The summed E-state index contributed by atoms with van der Waals surface area (Å²) in [5.41, 5.74) is 0.811. The molecule has 0 saturated heterocycles. The molecular formula is C17H21ClN2O2. The van der Waals surface area contributed by atoms with Gasteiger partial charge in [0.05, 0.1) is 12.0 Å². The topological polar surface area (TPSA) is 49.4 Å². The third-order valence-electron chi connectivity index (χ3n) is 3.06. The van der Waals surface area contributed by atoms with Gasteiger partial charge in [-0.05, 0) is 38.1 Å². The van der Waals surface area contributed by atoms with E-state index in [0.29, 0.717) is 5.56 Å². The average Bonchev–Trinajstić information content (AvgIpc) is 2.51. The van der Waals surface area contributed by atoms with Gasteiger partial charge in [-0.15, -0.1) is 11.6 Å². The van der Waals surface area contributed by atoms with Crippen molar-refractivity contribution in [2.45, 2.75) is 13.8 Å². The summed E-state index contributed by atoms with van der Waals surface area (Å²) < 4.78 is 0. The lowest BCUT2D eigenvalue weighted by atomic mass is 9.95. The summed E-state index contributed by atoms with van der Waals surface area (Å²) in [4.78, 5) is 25.1. The maximum atomic E-state index is 11.8. The van der Waals surface area contributed by atoms with Crippen molar-refractivity contribution in [1.82, 2.24) is 10.2 Å². The molecule has 1 N–H and O–H groups in total. The smallest absolute Gasteiger partial charge is 0.253 e. The summed E-state index contributed by atoms with van der Waals surface area (Å²) in [5.74, 6) is 5.91. The molecule has 0 spiro atoms. The molecule has 0 aliphatic heterocycles. The molecule has 0 fully saturated rings. The summed E-state index contributed by atoms with van der Waals surface area (Å²) in [6.07, 6.45) is 0. The van der Waals surface area contributed by atoms with Gasteiger partial charge in [-0.2, -0.15) is 0 Å². The number of carbonyl (C=O) groups is 2. The number of carbonyl (C=O) groups excluding carboxylic acids is 2. The summed E-state index contributed by atoms with van der Waals surface area (Å²) in [6, 6.07) is 7.05. The number of halogens is 1. The minimum atomic E-state index is -0.600. The molecule has 1 aromatic rings. The van der Waals surface area contributed by atoms with Gasteiger partial charge in [-0.1, -0.05) is 11.8 Å². The highest BCUT2D eigenvalue weighted by molar-refractivity contribution is 6.19. The van der Waals surface area contributed by atoms with Crippen molar-refractivity contribution in [1.29, 1.82) is 0 Å². The third-order valence-corrected chi connectivity index (χ3v) is 3.73. The Morgan fingerprint density at radius 2 is 1.82 bits per heavy atom.